The Kier molecular flexibility index (Phi) is 31.4. The van der Waals surface area contributed by atoms with E-state index in [-0.39, 0.29) is 91.8 Å². The number of likely N-dealkylation sites (N-methyl/N-ethyl adjacent to an activating group) is 1. The lowest BCUT2D eigenvalue weighted by Crippen LogP contribution is -2.59. The van der Waals surface area contributed by atoms with Crippen molar-refractivity contribution in [2.75, 3.05) is 32.0 Å². The first kappa shape index (κ1) is 77.2. The van der Waals surface area contributed by atoms with Crippen LogP contribution in [0.4, 0.5) is 10.5 Å². The summed E-state index contributed by atoms with van der Waals surface area (Å²) in [6, 6.07) is 11.4. The second-order valence-electron chi connectivity index (χ2n) is 25.5. The molecule has 520 valence electrons. The van der Waals surface area contributed by atoms with Gasteiger partial charge in [-0.25, -0.2) is 9.78 Å². The van der Waals surface area contributed by atoms with Crippen LogP contribution in [0.25, 0.3) is 0 Å². The third kappa shape index (κ3) is 24.9. The number of piperidine rings is 1. The van der Waals surface area contributed by atoms with Crippen LogP contribution < -0.4 is 31.9 Å². The van der Waals surface area contributed by atoms with Gasteiger partial charge in [0.1, 0.15) is 41.5 Å². The van der Waals surface area contributed by atoms with E-state index < -0.39 is 89.9 Å². The first-order valence-corrected chi connectivity index (χ1v) is 34.1. The molecule has 1 aromatic heterocycles. The zero-order valence-corrected chi connectivity index (χ0v) is 57.4. The van der Waals surface area contributed by atoms with E-state index in [1.165, 1.54) is 26.0 Å². The molecule has 95 heavy (non-hydrogen) atoms. The number of aromatic nitrogens is 1. The molecule has 2 aromatic carbocycles. The van der Waals surface area contributed by atoms with Gasteiger partial charge in [0.15, 0.2) is 6.10 Å². The van der Waals surface area contributed by atoms with Crippen LogP contribution >= 0.6 is 11.3 Å². The van der Waals surface area contributed by atoms with E-state index in [0.29, 0.717) is 93.6 Å². The van der Waals surface area contributed by atoms with Gasteiger partial charge in [0.2, 0.25) is 35.4 Å². The van der Waals surface area contributed by atoms with Crippen LogP contribution in [0.1, 0.15) is 185 Å². The Morgan fingerprint density at radius 1 is 0.747 bits per heavy atom. The Bertz CT molecular complexity index is 3120. The molecule has 5 rings (SSSR count). The SMILES string of the molecule is CC[C@H](C)[C@H](NC(=O)[C@H]1CCCCN1C(=O)CCCCCNC(=O)OCc1ccc(NC(=O)[C@H](C)NC(=O)[C@@H](NC(=O)CCCCCN2C(=O)C=CC2=O)C(C)C)cc1)C(=O)N(C)[C@H](C[C@@H](OC(C)=O)c1nc(C(=O)N[C@@H](Cc2ccccc2)C[C@H](C)C(=O)O)cs1)C(C)C. The number of carbonyl (C=O) groups is 12. The standard InChI is InChI=1S/C69H98N10O15S/c1-11-44(6)61(67(89)77(10)54(42(2)3)39-55(94-47(9)80)66-74-52(41-95-66)63(86)73-51(37-45(7)68(90)91)38-48-23-15-12-16-24-48)76-64(87)53-25-19-22-35-78(53)57(82)27-18-13-20-34-70-69(92)93-40-49-28-30-50(31-29-49)72-62(85)46(8)71-65(88)60(43(4)5)75-56(81)26-17-14-21-36-79-58(83)32-33-59(79)84/h12,15-16,23-24,28-33,41-46,51,53-55,60-61H,11,13-14,17-22,25-27,34-40H2,1-10H3,(H,70,92)(H,71,88)(H,72,85)(H,73,86)(H,75,81)(H,76,87)(H,90,91)/t44-,45-,46-,51+,53+,54+,55+,60-,61-/m0/s1. The summed E-state index contributed by atoms with van der Waals surface area (Å²) < 4.78 is 11.2. The first-order chi connectivity index (χ1) is 45.2. The summed E-state index contributed by atoms with van der Waals surface area (Å²) >= 11 is 1.13. The summed E-state index contributed by atoms with van der Waals surface area (Å²) in [6.07, 6.45) is 7.60. The van der Waals surface area contributed by atoms with E-state index in [9.17, 15) is 62.6 Å². The minimum atomic E-state index is -0.982. The fraction of sp³-hybridized carbons (Fsp3) is 0.580. The Morgan fingerprint density at radius 3 is 2.06 bits per heavy atom. The Morgan fingerprint density at radius 2 is 1.42 bits per heavy atom. The number of thiazole rings is 1. The lowest BCUT2D eigenvalue weighted by atomic mass is 9.92. The van der Waals surface area contributed by atoms with Gasteiger partial charge < -0.3 is 56.3 Å². The van der Waals surface area contributed by atoms with Crippen molar-refractivity contribution in [3.8, 4) is 0 Å². The second kappa shape index (κ2) is 38.7. The van der Waals surface area contributed by atoms with Crippen molar-refractivity contribution in [1.82, 2.24) is 46.3 Å². The van der Waals surface area contributed by atoms with E-state index in [1.54, 1.807) is 67.3 Å². The van der Waals surface area contributed by atoms with Crippen LogP contribution in [0.5, 0.6) is 0 Å². The number of alkyl carbamates (subject to hydrolysis) is 1. The second-order valence-corrected chi connectivity index (χ2v) is 26.4. The van der Waals surface area contributed by atoms with Gasteiger partial charge in [-0.15, -0.1) is 11.3 Å². The zero-order chi connectivity index (χ0) is 69.9. The number of unbranched alkanes of at least 4 members (excludes halogenated alkanes) is 4. The summed E-state index contributed by atoms with van der Waals surface area (Å²) in [5.41, 5.74) is 2.08. The van der Waals surface area contributed by atoms with Gasteiger partial charge >= 0.3 is 18.0 Å². The maximum atomic E-state index is 14.7. The van der Waals surface area contributed by atoms with Gasteiger partial charge in [-0.3, -0.25) is 57.6 Å². The number of hydrogen-bond acceptors (Lipinski definition) is 16. The number of benzene rings is 2. The average Bonchev–Trinajstić information content (AvgIpc) is 1.63. The van der Waals surface area contributed by atoms with Crippen LogP contribution in [-0.2, 0) is 70.4 Å². The number of esters is 1. The topological polar surface area (TPSA) is 338 Å². The summed E-state index contributed by atoms with van der Waals surface area (Å²) in [5, 5.41) is 28.4. The molecule has 1 saturated heterocycles. The molecule has 10 amide bonds. The summed E-state index contributed by atoms with van der Waals surface area (Å²) in [7, 11) is 1.65. The molecule has 0 aliphatic carbocycles. The van der Waals surface area contributed by atoms with Gasteiger partial charge in [-0.05, 0) is 106 Å². The quantitative estimate of drug-likeness (QED) is 0.0165. The zero-order valence-electron chi connectivity index (χ0n) is 56.6. The van der Waals surface area contributed by atoms with Gasteiger partial charge in [-0.1, -0.05) is 110 Å². The van der Waals surface area contributed by atoms with Crippen molar-refractivity contribution in [3.05, 3.63) is 94.0 Å². The fourth-order valence-corrected chi connectivity index (χ4v) is 12.2. The number of amides is 10. The minimum absolute atomic E-state index is 0.0527. The van der Waals surface area contributed by atoms with Gasteiger partial charge in [0.05, 0.1) is 5.92 Å². The maximum Gasteiger partial charge on any atom is 0.407 e. The molecule has 3 aromatic rings. The largest absolute Gasteiger partial charge is 0.481 e. The molecular weight excluding hydrogens is 1240 g/mol. The highest BCUT2D eigenvalue weighted by molar-refractivity contribution is 7.09. The predicted molar refractivity (Wildman–Crippen MR) is 357 cm³/mol. The number of nitrogens with one attached hydrogen (secondary N) is 6. The minimum Gasteiger partial charge on any atom is -0.481 e. The van der Waals surface area contributed by atoms with Crippen LogP contribution in [-0.4, -0.2) is 159 Å². The number of carbonyl (C=O) groups excluding carboxylic acids is 11. The molecule has 0 saturated carbocycles. The molecule has 0 radical (unpaired) electrons. The van der Waals surface area contributed by atoms with Crippen molar-refractivity contribution < 1.29 is 72.1 Å². The number of carboxylic acids is 1. The highest BCUT2D eigenvalue weighted by Gasteiger charge is 2.39. The van der Waals surface area contributed by atoms with E-state index in [0.717, 1.165) is 28.2 Å². The highest BCUT2D eigenvalue weighted by Crippen LogP contribution is 2.32. The number of rotatable bonds is 38. The van der Waals surface area contributed by atoms with Crippen molar-refractivity contribution >= 4 is 88.2 Å². The number of likely N-dealkylation sites (tertiary alicyclic amines) is 1. The van der Waals surface area contributed by atoms with Crippen molar-refractivity contribution in [2.45, 2.75) is 208 Å². The Balaban J connectivity index is 1.04. The molecule has 2 aliphatic heterocycles. The van der Waals surface area contributed by atoms with E-state index in [2.05, 4.69) is 36.9 Å². The van der Waals surface area contributed by atoms with Crippen LogP contribution in [0, 0.1) is 23.7 Å². The van der Waals surface area contributed by atoms with Crippen molar-refractivity contribution in [3.63, 3.8) is 0 Å². The smallest absolute Gasteiger partial charge is 0.407 e. The number of carboxylic acid groups (broad SMARTS) is 1. The average molecular weight is 1340 g/mol. The number of hydrogen-bond donors (Lipinski definition) is 7. The third-order valence-electron chi connectivity index (χ3n) is 17.2. The van der Waals surface area contributed by atoms with E-state index in [4.69, 9.17) is 9.47 Å². The number of ether oxygens (including phenoxy) is 2. The number of nitrogens with zero attached hydrogens (tertiary/aromatic N) is 4. The normalized spacial score (nSPS) is 16.3. The maximum absolute atomic E-state index is 14.7. The molecule has 3 heterocycles. The van der Waals surface area contributed by atoms with Crippen molar-refractivity contribution in [1.29, 1.82) is 0 Å². The monoisotopic (exact) mass is 1340 g/mol. The summed E-state index contributed by atoms with van der Waals surface area (Å²) in [4.78, 5) is 165. The number of imide groups is 1. The highest BCUT2D eigenvalue weighted by atomic mass is 32.1. The lowest BCUT2D eigenvalue weighted by Gasteiger charge is -2.39. The van der Waals surface area contributed by atoms with Crippen LogP contribution in [0.3, 0.4) is 0 Å². The van der Waals surface area contributed by atoms with Crippen molar-refractivity contribution in [2.24, 2.45) is 23.7 Å². The number of aliphatic carboxylic acids is 1. The van der Waals surface area contributed by atoms with Gasteiger partial charge in [0, 0.05) is 88.2 Å². The molecule has 0 bridgehead atoms. The molecule has 2 aliphatic rings. The Hall–Kier alpha value is -8.55. The molecule has 9 atom stereocenters. The number of anilines is 1. The molecule has 0 spiro atoms. The van der Waals surface area contributed by atoms with Gasteiger partial charge in [0.25, 0.3) is 17.7 Å². The first-order valence-electron chi connectivity index (χ1n) is 33.2. The molecule has 7 N–H and O–H groups in total. The molecule has 25 nitrogen and oxygen atoms in total. The molecule has 1 fully saturated rings. The van der Waals surface area contributed by atoms with E-state index in [1.807, 2.05) is 58.0 Å². The third-order valence-corrected chi connectivity index (χ3v) is 18.1. The Labute approximate surface area is 561 Å². The van der Waals surface area contributed by atoms with Gasteiger partial charge in [-0.2, -0.15) is 0 Å². The molecule has 26 heteroatoms. The van der Waals surface area contributed by atoms with Crippen LogP contribution in [0.2, 0.25) is 0 Å². The fourth-order valence-electron chi connectivity index (χ4n) is 11.3. The summed E-state index contributed by atoms with van der Waals surface area (Å²) in [5.74, 6) is -6.58. The lowest BCUT2D eigenvalue weighted by molar-refractivity contribution is -0.149. The van der Waals surface area contributed by atoms with E-state index >= 15 is 0 Å². The summed E-state index contributed by atoms with van der Waals surface area (Å²) in [6.45, 7) is 16.5. The predicted octanol–water partition coefficient (Wildman–Crippen LogP) is 7.54. The molecular formula is C69H98N10O15S. The molecule has 0 unspecified atom stereocenters. The van der Waals surface area contributed by atoms with Crippen LogP contribution in [0.15, 0.2) is 72.1 Å².